The Morgan fingerprint density at radius 2 is 1.66 bits per heavy atom. The van der Waals surface area contributed by atoms with Crippen molar-refractivity contribution in [3.8, 4) is 0 Å². The third kappa shape index (κ3) is 5.00. The number of hydrogen-bond donors (Lipinski definition) is 2. The number of carbonyl (C=O) groups is 2. The highest BCUT2D eigenvalue weighted by atomic mass is 32.2. The minimum absolute atomic E-state index is 0.189. The van der Waals surface area contributed by atoms with Crippen LogP contribution in [0.25, 0.3) is 0 Å². The quantitative estimate of drug-likeness (QED) is 0.644. The molecule has 1 heterocycles. The number of amides is 1. The average molecular weight is 418 g/mol. The van der Waals surface area contributed by atoms with Crippen LogP contribution in [-0.2, 0) is 19.6 Å². The Balaban J connectivity index is 1.56. The molecule has 2 aromatic rings. The van der Waals surface area contributed by atoms with Crippen molar-refractivity contribution in [2.75, 3.05) is 45.2 Å². The molecule has 29 heavy (non-hydrogen) atoms. The Morgan fingerprint density at radius 1 is 1.03 bits per heavy atom. The van der Waals surface area contributed by atoms with Crippen molar-refractivity contribution in [2.45, 2.75) is 4.90 Å². The molecule has 8 nitrogen and oxygen atoms in total. The number of hydrogen-bond acceptors (Lipinski definition) is 5. The minimum Gasteiger partial charge on any atom is -0.465 e. The first-order valence-corrected chi connectivity index (χ1v) is 10.7. The Kier molecular flexibility index (Phi) is 6.63. The fourth-order valence-electron chi connectivity index (χ4n) is 3.26. The Hall–Kier alpha value is -2.75. The maximum absolute atomic E-state index is 12.7. The summed E-state index contributed by atoms with van der Waals surface area (Å²) in [7, 11) is -2.23. The van der Waals surface area contributed by atoms with Gasteiger partial charge >= 0.3 is 5.97 Å². The molecule has 154 valence electrons. The summed E-state index contributed by atoms with van der Waals surface area (Å²) < 4.78 is 31.5. The number of methoxy groups -OCH3 is 1. The second-order valence-electron chi connectivity index (χ2n) is 6.73. The summed E-state index contributed by atoms with van der Waals surface area (Å²) >= 11 is 0. The number of anilines is 1. The van der Waals surface area contributed by atoms with Crippen molar-refractivity contribution in [3.05, 3.63) is 60.2 Å². The van der Waals surface area contributed by atoms with Crippen molar-refractivity contribution in [2.24, 2.45) is 0 Å². The van der Waals surface area contributed by atoms with Gasteiger partial charge in [-0.15, -0.1) is 0 Å². The van der Waals surface area contributed by atoms with Crippen molar-refractivity contribution < 1.29 is 27.6 Å². The normalized spacial score (nSPS) is 15.6. The Labute approximate surface area is 170 Å². The van der Waals surface area contributed by atoms with Gasteiger partial charge in [-0.25, -0.2) is 13.2 Å². The fourth-order valence-corrected chi connectivity index (χ4v) is 4.73. The minimum atomic E-state index is -3.51. The SMILES string of the molecule is COC(=O)c1ccccc1NC(=O)C[NH+]1CCN(S(=O)(=O)c2ccccc2)CC1. The Morgan fingerprint density at radius 3 is 2.31 bits per heavy atom. The predicted molar refractivity (Wildman–Crippen MR) is 107 cm³/mol. The number of sulfonamides is 1. The van der Waals surface area contributed by atoms with Crippen molar-refractivity contribution in [1.82, 2.24) is 4.31 Å². The molecule has 0 radical (unpaired) electrons. The molecule has 0 saturated carbocycles. The molecular weight excluding hydrogens is 394 g/mol. The van der Waals surface area contributed by atoms with Gasteiger partial charge in [0.2, 0.25) is 10.0 Å². The molecule has 1 fully saturated rings. The van der Waals surface area contributed by atoms with Crippen LogP contribution >= 0.6 is 0 Å². The first-order valence-electron chi connectivity index (χ1n) is 9.28. The van der Waals surface area contributed by atoms with E-state index in [2.05, 4.69) is 5.32 Å². The predicted octanol–water partition coefficient (Wildman–Crippen LogP) is 0.00110. The van der Waals surface area contributed by atoms with E-state index in [1.165, 1.54) is 11.4 Å². The van der Waals surface area contributed by atoms with Gasteiger partial charge in [-0.05, 0) is 24.3 Å². The number of nitrogens with one attached hydrogen (secondary N) is 2. The molecule has 3 rings (SSSR count). The highest BCUT2D eigenvalue weighted by Crippen LogP contribution is 2.16. The van der Waals surface area contributed by atoms with Crippen LogP contribution in [0.3, 0.4) is 0 Å². The summed E-state index contributed by atoms with van der Waals surface area (Å²) in [5, 5.41) is 2.75. The summed E-state index contributed by atoms with van der Waals surface area (Å²) in [4.78, 5) is 25.5. The van der Waals surface area contributed by atoms with E-state index in [9.17, 15) is 18.0 Å². The van der Waals surface area contributed by atoms with E-state index in [1.807, 2.05) is 0 Å². The highest BCUT2D eigenvalue weighted by Gasteiger charge is 2.31. The molecule has 0 atom stereocenters. The Bertz CT molecular complexity index is 971. The van der Waals surface area contributed by atoms with E-state index in [-0.39, 0.29) is 22.9 Å². The first-order chi connectivity index (χ1) is 13.9. The van der Waals surface area contributed by atoms with E-state index in [4.69, 9.17) is 4.74 Å². The number of para-hydroxylation sites is 1. The van der Waals surface area contributed by atoms with Gasteiger partial charge < -0.3 is 15.0 Å². The number of benzene rings is 2. The van der Waals surface area contributed by atoms with Crippen molar-refractivity contribution >= 4 is 27.6 Å². The molecule has 1 amide bonds. The van der Waals surface area contributed by atoms with Gasteiger partial charge in [-0.1, -0.05) is 30.3 Å². The van der Waals surface area contributed by atoms with E-state index in [0.717, 1.165) is 4.90 Å². The van der Waals surface area contributed by atoms with Crippen LogP contribution in [0.2, 0.25) is 0 Å². The first kappa shape index (κ1) is 21.0. The molecule has 2 aromatic carbocycles. The van der Waals surface area contributed by atoms with Crippen LogP contribution in [-0.4, -0.2) is 64.4 Å². The maximum Gasteiger partial charge on any atom is 0.339 e. The van der Waals surface area contributed by atoms with E-state index < -0.39 is 16.0 Å². The highest BCUT2D eigenvalue weighted by molar-refractivity contribution is 7.89. The van der Waals surface area contributed by atoms with Gasteiger partial charge in [0, 0.05) is 0 Å². The van der Waals surface area contributed by atoms with Crippen LogP contribution in [0.5, 0.6) is 0 Å². The molecule has 1 aliphatic heterocycles. The molecule has 0 aliphatic carbocycles. The van der Waals surface area contributed by atoms with Crippen LogP contribution < -0.4 is 10.2 Å². The van der Waals surface area contributed by atoms with E-state index in [1.54, 1.807) is 54.6 Å². The van der Waals surface area contributed by atoms with Crippen molar-refractivity contribution in [1.29, 1.82) is 0 Å². The molecule has 0 spiro atoms. The number of nitrogens with zero attached hydrogens (tertiary/aromatic N) is 1. The third-order valence-corrected chi connectivity index (χ3v) is 6.74. The summed E-state index contributed by atoms with van der Waals surface area (Å²) in [5.41, 5.74) is 0.686. The number of ether oxygens (including phenoxy) is 1. The number of esters is 1. The zero-order valence-corrected chi connectivity index (χ0v) is 16.9. The van der Waals surface area contributed by atoms with E-state index in [0.29, 0.717) is 31.9 Å². The third-order valence-electron chi connectivity index (χ3n) is 4.83. The fraction of sp³-hybridized carbons (Fsp3) is 0.300. The number of quaternary nitrogens is 1. The van der Waals surface area contributed by atoms with E-state index >= 15 is 0 Å². The lowest BCUT2D eigenvalue weighted by molar-refractivity contribution is -0.895. The second kappa shape index (κ2) is 9.17. The smallest absolute Gasteiger partial charge is 0.339 e. The topological polar surface area (TPSA) is 97.2 Å². The summed E-state index contributed by atoms with van der Waals surface area (Å²) in [6.07, 6.45) is 0. The van der Waals surface area contributed by atoms with Gasteiger partial charge in [0.15, 0.2) is 6.54 Å². The monoisotopic (exact) mass is 418 g/mol. The van der Waals surface area contributed by atoms with Crippen LogP contribution in [0.15, 0.2) is 59.5 Å². The number of carbonyl (C=O) groups excluding carboxylic acids is 2. The van der Waals surface area contributed by atoms with Gasteiger partial charge in [0.05, 0.1) is 49.4 Å². The van der Waals surface area contributed by atoms with Gasteiger partial charge in [0.1, 0.15) is 0 Å². The lowest BCUT2D eigenvalue weighted by Gasteiger charge is -2.31. The summed E-state index contributed by atoms with van der Waals surface area (Å²) in [6, 6.07) is 15.0. The summed E-state index contributed by atoms with van der Waals surface area (Å²) in [6.45, 7) is 1.93. The maximum atomic E-state index is 12.7. The zero-order valence-electron chi connectivity index (χ0n) is 16.1. The second-order valence-corrected chi connectivity index (χ2v) is 8.67. The molecule has 0 aromatic heterocycles. The molecule has 1 saturated heterocycles. The van der Waals surface area contributed by atoms with Crippen LogP contribution in [0, 0.1) is 0 Å². The molecule has 1 aliphatic rings. The number of piperazine rings is 1. The largest absolute Gasteiger partial charge is 0.465 e. The summed E-state index contributed by atoms with van der Waals surface area (Å²) in [5.74, 6) is -0.760. The van der Waals surface area contributed by atoms with Gasteiger partial charge in [-0.2, -0.15) is 4.31 Å². The molecule has 0 bridgehead atoms. The molecular formula is C20H24N3O5S+. The average Bonchev–Trinajstić information content (AvgIpc) is 2.74. The molecule has 9 heteroatoms. The van der Waals surface area contributed by atoms with Gasteiger partial charge in [0.25, 0.3) is 5.91 Å². The van der Waals surface area contributed by atoms with Crippen molar-refractivity contribution in [3.63, 3.8) is 0 Å². The van der Waals surface area contributed by atoms with Crippen LogP contribution in [0.1, 0.15) is 10.4 Å². The molecule has 0 unspecified atom stereocenters. The number of rotatable bonds is 6. The van der Waals surface area contributed by atoms with Gasteiger partial charge in [-0.3, -0.25) is 4.79 Å². The molecule has 2 N–H and O–H groups in total. The lowest BCUT2D eigenvalue weighted by Crippen LogP contribution is -3.15. The zero-order chi connectivity index (χ0) is 20.9. The lowest BCUT2D eigenvalue weighted by atomic mass is 10.2. The van der Waals surface area contributed by atoms with Crippen LogP contribution in [0.4, 0.5) is 5.69 Å². The standard InChI is InChI=1S/C20H23N3O5S/c1-28-20(25)17-9-5-6-10-18(17)21-19(24)15-22-11-13-23(14-12-22)29(26,27)16-7-3-2-4-8-16/h2-10H,11-15H2,1H3,(H,21,24)/p+1.